The van der Waals surface area contributed by atoms with E-state index in [4.69, 9.17) is 11.6 Å². The zero-order valence-corrected chi connectivity index (χ0v) is 12.4. The predicted molar refractivity (Wildman–Crippen MR) is 80.3 cm³/mol. The number of pyridine rings is 1. The van der Waals surface area contributed by atoms with Crippen molar-refractivity contribution >= 4 is 11.6 Å². The van der Waals surface area contributed by atoms with Crippen LogP contribution in [-0.4, -0.2) is 4.98 Å². The Morgan fingerprint density at radius 1 is 1.35 bits per heavy atom. The fourth-order valence-electron chi connectivity index (χ4n) is 2.10. The zero-order valence-electron chi connectivity index (χ0n) is 11.7. The topological polar surface area (TPSA) is 24.9 Å². The molecule has 1 heterocycles. The molecular weight excluding hydrogens is 275 g/mol. The Morgan fingerprint density at radius 2 is 2.15 bits per heavy atom. The van der Waals surface area contributed by atoms with Crippen LogP contribution in [0.3, 0.4) is 0 Å². The van der Waals surface area contributed by atoms with Gasteiger partial charge in [-0.3, -0.25) is 4.98 Å². The maximum absolute atomic E-state index is 13.4. The first kappa shape index (κ1) is 14.9. The molecule has 0 aliphatic rings. The molecule has 1 atom stereocenters. The molecule has 0 aliphatic heterocycles. The van der Waals surface area contributed by atoms with Crippen molar-refractivity contribution in [1.29, 1.82) is 0 Å². The molecule has 1 N–H and O–H groups in total. The summed E-state index contributed by atoms with van der Waals surface area (Å²) in [4.78, 5) is 4.39. The van der Waals surface area contributed by atoms with Gasteiger partial charge in [-0.1, -0.05) is 30.7 Å². The van der Waals surface area contributed by atoms with E-state index in [1.54, 1.807) is 12.3 Å². The third-order valence-electron chi connectivity index (χ3n) is 3.38. The number of halogens is 2. The third kappa shape index (κ3) is 3.56. The predicted octanol–water partition coefficient (Wildman–Crippen LogP) is 4.29. The van der Waals surface area contributed by atoms with Crippen LogP contribution in [0, 0.1) is 5.82 Å². The van der Waals surface area contributed by atoms with Gasteiger partial charge in [0.2, 0.25) is 0 Å². The van der Waals surface area contributed by atoms with Crippen LogP contribution >= 0.6 is 11.6 Å². The summed E-state index contributed by atoms with van der Waals surface area (Å²) in [6, 6.07) is 8.95. The minimum Gasteiger partial charge on any atom is -0.305 e. The number of aryl methyl sites for hydroxylation is 1. The van der Waals surface area contributed by atoms with Gasteiger partial charge in [0.25, 0.3) is 0 Å². The smallest absolute Gasteiger partial charge is 0.142 e. The van der Waals surface area contributed by atoms with Gasteiger partial charge < -0.3 is 5.32 Å². The molecule has 1 aromatic carbocycles. The van der Waals surface area contributed by atoms with Gasteiger partial charge in [0.15, 0.2) is 0 Å². The Kier molecular flexibility index (Phi) is 5.10. The van der Waals surface area contributed by atoms with Crippen LogP contribution in [0.25, 0.3) is 0 Å². The molecule has 0 aliphatic carbocycles. The van der Waals surface area contributed by atoms with Crippen molar-refractivity contribution in [3.63, 3.8) is 0 Å². The Labute approximate surface area is 124 Å². The van der Waals surface area contributed by atoms with E-state index in [1.807, 2.05) is 19.1 Å². The van der Waals surface area contributed by atoms with E-state index in [9.17, 15) is 4.39 Å². The molecule has 20 heavy (non-hydrogen) atoms. The number of benzene rings is 1. The highest BCUT2D eigenvalue weighted by molar-refractivity contribution is 6.30. The summed E-state index contributed by atoms with van der Waals surface area (Å²) in [6.07, 6.45) is 2.75. The summed E-state index contributed by atoms with van der Waals surface area (Å²) >= 11 is 5.69. The van der Waals surface area contributed by atoms with Crippen LogP contribution in [-0.2, 0) is 13.0 Å². The second kappa shape index (κ2) is 6.82. The summed E-state index contributed by atoms with van der Waals surface area (Å²) in [5, 5.41) is 3.52. The fourth-order valence-corrected chi connectivity index (χ4v) is 2.22. The number of rotatable bonds is 5. The molecule has 106 valence electrons. The molecule has 0 bridgehead atoms. The zero-order chi connectivity index (χ0) is 14.5. The van der Waals surface area contributed by atoms with E-state index in [1.165, 1.54) is 11.6 Å². The van der Waals surface area contributed by atoms with Crippen molar-refractivity contribution in [3.8, 4) is 0 Å². The van der Waals surface area contributed by atoms with Gasteiger partial charge in [-0.2, -0.15) is 0 Å². The standard InChI is InChI=1S/C16H18ClFN2/c1-3-12-5-4-8-19-16(12)10-20-11(2)13-6-7-14(17)15(18)9-13/h4-9,11,20H,3,10H2,1-2H3. The first-order chi connectivity index (χ1) is 9.61. The van der Waals surface area contributed by atoms with Crippen LogP contribution in [0.4, 0.5) is 4.39 Å². The molecule has 0 fully saturated rings. The van der Waals surface area contributed by atoms with Gasteiger partial charge in [0.1, 0.15) is 5.82 Å². The highest BCUT2D eigenvalue weighted by Crippen LogP contribution is 2.20. The monoisotopic (exact) mass is 292 g/mol. The van der Waals surface area contributed by atoms with E-state index >= 15 is 0 Å². The van der Waals surface area contributed by atoms with Crippen molar-refractivity contribution < 1.29 is 4.39 Å². The maximum atomic E-state index is 13.4. The van der Waals surface area contributed by atoms with Gasteiger partial charge in [0.05, 0.1) is 10.7 Å². The SMILES string of the molecule is CCc1cccnc1CNC(C)c1ccc(Cl)c(F)c1. The van der Waals surface area contributed by atoms with Gasteiger partial charge in [-0.25, -0.2) is 4.39 Å². The van der Waals surface area contributed by atoms with Crippen LogP contribution < -0.4 is 5.32 Å². The molecule has 4 heteroatoms. The van der Waals surface area contributed by atoms with Gasteiger partial charge in [-0.15, -0.1) is 0 Å². The number of aromatic nitrogens is 1. The van der Waals surface area contributed by atoms with Crippen molar-refractivity contribution in [3.05, 3.63) is 64.2 Å². The molecule has 2 nitrogen and oxygen atoms in total. The van der Waals surface area contributed by atoms with Crippen molar-refractivity contribution in [1.82, 2.24) is 10.3 Å². The van der Waals surface area contributed by atoms with Gasteiger partial charge in [0, 0.05) is 18.8 Å². The minimum absolute atomic E-state index is 0.0356. The lowest BCUT2D eigenvalue weighted by Gasteiger charge is -2.15. The van der Waals surface area contributed by atoms with E-state index < -0.39 is 0 Å². The lowest BCUT2D eigenvalue weighted by molar-refractivity contribution is 0.557. The first-order valence-corrected chi connectivity index (χ1v) is 7.10. The Bertz CT molecular complexity index is 586. The first-order valence-electron chi connectivity index (χ1n) is 6.73. The molecule has 2 rings (SSSR count). The van der Waals surface area contributed by atoms with E-state index in [0.29, 0.717) is 6.54 Å². The summed E-state index contributed by atoms with van der Waals surface area (Å²) in [6.45, 7) is 4.77. The quantitative estimate of drug-likeness (QED) is 0.889. The lowest BCUT2D eigenvalue weighted by Crippen LogP contribution is -2.19. The second-order valence-corrected chi connectivity index (χ2v) is 5.15. The molecule has 0 radical (unpaired) electrons. The van der Waals surface area contributed by atoms with E-state index in [2.05, 4.69) is 23.3 Å². The average Bonchev–Trinajstić information content (AvgIpc) is 2.47. The molecule has 1 aromatic heterocycles. The summed E-state index contributed by atoms with van der Waals surface area (Å²) in [5.41, 5.74) is 3.15. The molecule has 1 unspecified atom stereocenters. The number of hydrogen-bond donors (Lipinski definition) is 1. The van der Waals surface area contributed by atoms with Crippen molar-refractivity contribution in [2.24, 2.45) is 0 Å². The van der Waals surface area contributed by atoms with Crippen LogP contribution in [0.1, 0.15) is 36.7 Å². The van der Waals surface area contributed by atoms with Crippen LogP contribution in [0.15, 0.2) is 36.5 Å². The Balaban J connectivity index is 2.04. The molecule has 0 amide bonds. The number of hydrogen-bond acceptors (Lipinski definition) is 2. The van der Waals surface area contributed by atoms with E-state index in [0.717, 1.165) is 17.7 Å². The lowest BCUT2D eigenvalue weighted by atomic mass is 10.1. The van der Waals surface area contributed by atoms with E-state index in [-0.39, 0.29) is 16.9 Å². The summed E-state index contributed by atoms with van der Waals surface area (Å²) in [7, 11) is 0. The summed E-state index contributed by atoms with van der Waals surface area (Å²) in [5.74, 6) is -0.384. The summed E-state index contributed by atoms with van der Waals surface area (Å²) < 4.78 is 13.4. The fraction of sp³-hybridized carbons (Fsp3) is 0.312. The largest absolute Gasteiger partial charge is 0.305 e. The minimum atomic E-state index is -0.384. The third-order valence-corrected chi connectivity index (χ3v) is 3.69. The van der Waals surface area contributed by atoms with Crippen LogP contribution in [0.5, 0.6) is 0 Å². The molecular formula is C16H18ClFN2. The van der Waals surface area contributed by atoms with Gasteiger partial charge >= 0.3 is 0 Å². The molecule has 0 saturated carbocycles. The highest BCUT2D eigenvalue weighted by atomic mass is 35.5. The maximum Gasteiger partial charge on any atom is 0.142 e. The second-order valence-electron chi connectivity index (χ2n) is 4.74. The normalized spacial score (nSPS) is 12.4. The van der Waals surface area contributed by atoms with Crippen molar-refractivity contribution in [2.75, 3.05) is 0 Å². The Morgan fingerprint density at radius 3 is 2.85 bits per heavy atom. The molecule has 0 saturated heterocycles. The highest BCUT2D eigenvalue weighted by Gasteiger charge is 2.09. The Hall–Kier alpha value is -1.45. The van der Waals surface area contributed by atoms with Crippen LogP contribution in [0.2, 0.25) is 5.02 Å². The molecule has 2 aromatic rings. The number of nitrogens with one attached hydrogen (secondary N) is 1. The van der Waals surface area contributed by atoms with Crippen molar-refractivity contribution in [2.45, 2.75) is 32.9 Å². The average molecular weight is 293 g/mol. The van der Waals surface area contributed by atoms with Gasteiger partial charge in [-0.05, 0) is 42.7 Å². The number of nitrogens with zero attached hydrogens (tertiary/aromatic N) is 1. The molecule has 0 spiro atoms.